The minimum atomic E-state index is 0.718. The van der Waals surface area contributed by atoms with Crippen molar-refractivity contribution in [2.75, 3.05) is 0 Å². The van der Waals surface area contributed by atoms with E-state index < -0.39 is 0 Å². The van der Waals surface area contributed by atoms with Crippen molar-refractivity contribution in [1.29, 1.82) is 0 Å². The second kappa shape index (κ2) is 2.14. The van der Waals surface area contributed by atoms with Crippen LogP contribution < -0.4 is 0 Å². The van der Waals surface area contributed by atoms with Crippen LogP contribution in [0.3, 0.4) is 0 Å². The number of rotatable bonds is 1. The Kier molecular flexibility index (Phi) is 1.17. The molecule has 2 heterocycles. The van der Waals surface area contributed by atoms with Crippen molar-refractivity contribution >= 4 is 11.5 Å². The van der Waals surface area contributed by atoms with Gasteiger partial charge in [0.05, 0.1) is 6.20 Å². The van der Waals surface area contributed by atoms with Crippen LogP contribution in [0.25, 0.3) is 10.7 Å². The molecule has 0 aliphatic heterocycles. The van der Waals surface area contributed by atoms with Gasteiger partial charge in [-0.15, -0.1) is 5.10 Å². The molecule has 0 aliphatic rings. The summed E-state index contributed by atoms with van der Waals surface area (Å²) < 4.78 is 3.68. The van der Waals surface area contributed by atoms with Gasteiger partial charge in [-0.3, -0.25) is 5.10 Å². The molecule has 0 saturated heterocycles. The van der Waals surface area contributed by atoms with Crippen LogP contribution >= 0.6 is 11.5 Å². The van der Waals surface area contributed by atoms with E-state index >= 15 is 0 Å². The van der Waals surface area contributed by atoms with Gasteiger partial charge >= 0.3 is 0 Å². The van der Waals surface area contributed by atoms with Crippen LogP contribution in [0.4, 0.5) is 0 Å². The van der Waals surface area contributed by atoms with Gasteiger partial charge < -0.3 is 0 Å². The molecule has 0 saturated carbocycles. The van der Waals surface area contributed by atoms with Crippen molar-refractivity contribution < 1.29 is 0 Å². The number of nitrogens with one attached hydrogen (secondary N) is 1. The lowest BCUT2D eigenvalue weighted by molar-refractivity contribution is 1.10. The minimum Gasteiger partial charge on any atom is -0.259 e. The number of hydrogen-bond acceptors (Lipinski definition) is 5. The third-order valence-electron chi connectivity index (χ3n) is 1.01. The first-order valence-electron chi connectivity index (χ1n) is 2.60. The summed E-state index contributed by atoms with van der Waals surface area (Å²) in [5.74, 6) is 0.718. The number of aromatic amines is 1. The lowest BCUT2D eigenvalue weighted by Gasteiger charge is -1.80. The van der Waals surface area contributed by atoms with Crippen molar-refractivity contribution in [1.82, 2.24) is 24.8 Å². The van der Waals surface area contributed by atoms with Crippen LogP contribution in [-0.2, 0) is 0 Å². The number of aromatic nitrogens is 5. The molecule has 1 N–H and O–H groups in total. The molecule has 6 heteroatoms. The molecule has 0 aromatic carbocycles. The highest BCUT2D eigenvalue weighted by atomic mass is 32.1. The van der Waals surface area contributed by atoms with Gasteiger partial charge in [0.25, 0.3) is 0 Å². The normalized spacial score (nSPS) is 10.0. The Morgan fingerprint density at radius 1 is 1.50 bits per heavy atom. The molecule has 50 valence electrons. The van der Waals surface area contributed by atoms with Gasteiger partial charge in [0.2, 0.25) is 0 Å². The summed E-state index contributed by atoms with van der Waals surface area (Å²) in [5, 5.41) is 10.1. The number of hydrogen-bond donors (Lipinski definition) is 1. The van der Waals surface area contributed by atoms with E-state index in [4.69, 9.17) is 0 Å². The van der Waals surface area contributed by atoms with Crippen molar-refractivity contribution in [3.63, 3.8) is 0 Å². The summed E-state index contributed by atoms with van der Waals surface area (Å²) in [4.78, 5) is 4.82. The predicted molar refractivity (Wildman–Crippen MR) is 35.3 cm³/mol. The van der Waals surface area contributed by atoms with E-state index in [0.717, 1.165) is 10.7 Å². The van der Waals surface area contributed by atoms with Crippen molar-refractivity contribution in [2.24, 2.45) is 0 Å². The molecule has 0 amide bonds. The van der Waals surface area contributed by atoms with Crippen LogP contribution in [0.1, 0.15) is 0 Å². The Balaban J connectivity index is 2.48. The molecule has 2 rings (SSSR count). The Morgan fingerprint density at radius 2 is 2.50 bits per heavy atom. The van der Waals surface area contributed by atoms with Gasteiger partial charge in [0, 0.05) is 0 Å². The van der Waals surface area contributed by atoms with Crippen molar-refractivity contribution in [2.45, 2.75) is 0 Å². The second-order valence-corrected chi connectivity index (χ2v) is 2.40. The quantitative estimate of drug-likeness (QED) is 0.640. The van der Waals surface area contributed by atoms with Gasteiger partial charge in [-0.2, -0.15) is 5.10 Å². The summed E-state index contributed by atoms with van der Waals surface area (Å²) in [5.41, 5.74) is 0. The Hall–Kier alpha value is -1.30. The third kappa shape index (κ3) is 0.781. The largest absolute Gasteiger partial charge is 0.259 e. The maximum absolute atomic E-state index is 3.92. The van der Waals surface area contributed by atoms with Crippen LogP contribution in [0.5, 0.6) is 0 Å². The second-order valence-electron chi connectivity index (χ2n) is 1.62. The zero-order valence-corrected chi connectivity index (χ0v) is 5.67. The molecule has 0 spiro atoms. The number of nitrogens with zero attached hydrogens (tertiary/aromatic N) is 4. The highest BCUT2D eigenvalue weighted by molar-refractivity contribution is 7.09. The van der Waals surface area contributed by atoms with Gasteiger partial charge in [0.15, 0.2) is 5.82 Å². The summed E-state index contributed by atoms with van der Waals surface area (Å²) in [7, 11) is 0. The fraction of sp³-hybridized carbons (Fsp3) is 0. The van der Waals surface area contributed by atoms with Gasteiger partial charge in [-0.1, -0.05) is 4.49 Å². The van der Waals surface area contributed by atoms with Crippen LogP contribution in [0.2, 0.25) is 0 Å². The van der Waals surface area contributed by atoms with Gasteiger partial charge in [0.1, 0.15) is 11.2 Å². The zero-order valence-electron chi connectivity index (χ0n) is 4.85. The van der Waals surface area contributed by atoms with Crippen molar-refractivity contribution in [3.8, 4) is 10.7 Å². The van der Waals surface area contributed by atoms with Gasteiger partial charge in [-0.25, -0.2) is 4.98 Å². The molecule has 2 aromatic heterocycles. The lowest BCUT2D eigenvalue weighted by Crippen LogP contribution is -1.73. The van der Waals surface area contributed by atoms with E-state index in [0.29, 0.717) is 0 Å². The molecule has 0 aliphatic carbocycles. The molecular formula is C4H3N5S. The minimum absolute atomic E-state index is 0.718. The SMILES string of the molecule is c1n[nH]c(-c2cnns2)n1. The van der Waals surface area contributed by atoms with Crippen LogP contribution in [0.15, 0.2) is 12.5 Å². The Morgan fingerprint density at radius 3 is 3.10 bits per heavy atom. The fourth-order valence-corrected chi connectivity index (χ4v) is 1.06. The molecule has 0 atom stereocenters. The molecule has 10 heavy (non-hydrogen) atoms. The van der Waals surface area contributed by atoms with E-state index in [9.17, 15) is 0 Å². The summed E-state index contributed by atoms with van der Waals surface area (Å²) in [6.07, 6.45) is 3.10. The third-order valence-corrected chi connectivity index (χ3v) is 1.68. The molecule has 0 radical (unpaired) electrons. The predicted octanol–water partition coefficient (Wildman–Crippen LogP) is 0.323. The van der Waals surface area contributed by atoms with E-state index in [1.165, 1.54) is 17.9 Å². The molecule has 0 unspecified atom stereocenters. The zero-order chi connectivity index (χ0) is 6.81. The average Bonchev–Trinajstić information content (AvgIpc) is 2.59. The monoisotopic (exact) mass is 153 g/mol. The summed E-state index contributed by atoms with van der Waals surface area (Å²) >= 11 is 1.29. The van der Waals surface area contributed by atoms with Gasteiger partial charge in [-0.05, 0) is 11.5 Å². The molecule has 5 nitrogen and oxygen atoms in total. The average molecular weight is 153 g/mol. The maximum atomic E-state index is 3.92. The fourth-order valence-electron chi connectivity index (χ4n) is 0.596. The first-order chi connectivity index (χ1) is 4.97. The van der Waals surface area contributed by atoms with Crippen LogP contribution in [-0.4, -0.2) is 24.8 Å². The number of H-pyrrole nitrogens is 1. The van der Waals surface area contributed by atoms with E-state index in [1.807, 2.05) is 0 Å². The smallest absolute Gasteiger partial charge is 0.168 e. The Labute approximate surface area is 60.3 Å². The van der Waals surface area contributed by atoms with Crippen molar-refractivity contribution in [3.05, 3.63) is 12.5 Å². The van der Waals surface area contributed by atoms with Crippen LogP contribution in [0, 0.1) is 0 Å². The molecule has 0 bridgehead atoms. The highest BCUT2D eigenvalue weighted by Crippen LogP contribution is 2.14. The Bertz CT molecular complexity index is 253. The topological polar surface area (TPSA) is 67.3 Å². The highest BCUT2D eigenvalue weighted by Gasteiger charge is 2.00. The van der Waals surface area contributed by atoms with E-state index in [-0.39, 0.29) is 0 Å². The molecule has 2 aromatic rings. The summed E-state index contributed by atoms with van der Waals surface area (Å²) in [6, 6.07) is 0. The first-order valence-corrected chi connectivity index (χ1v) is 3.37. The molecular weight excluding hydrogens is 150 g/mol. The lowest BCUT2D eigenvalue weighted by atomic mass is 10.5. The standard InChI is InChI=1S/C4H3N5S/c1-3(10-9-6-1)4-5-2-7-8-4/h1-2H,(H,5,7,8). The first kappa shape index (κ1) is 5.48. The molecule has 0 fully saturated rings. The van der Waals surface area contributed by atoms with E-state index in [2.05, 4.69) is 24.8 Å². The van der Waals surface area contributed by atoms with E-state index in [1.54, 1.807) is 6.20 Å². The summed E-state index contributed by atoms with van der Waals surface area (Å²) in [6.45, 7) is 0. The maximum Gasteiger partial charge on any atom is 0.168 e.